The maximum Gasteiger partial charge on any atom is 0.335 e. The third-order valence-corrected chi connectivity index (χ3v) is 10.4. The smallest absolute Gasteiger partial charge is 0.335 e. The van der Waals surface area contributed by atoms with Crippen molar-refractivity contribution >= 4 is 50.7 Å². The Kier molecular flexibility index (Phi) is 12.0. The van der Waals surface area contributed by atoms with Gasteiger partial charge < -0.3 is 40.1 Å². The van der Waals surface area contributed by atoms with E-state index in [1.165, 1.54) is 11.3 Å². The first-order valence-electron chi connectivity index (χ1n) is 15.1. The number of Topliss-reactive ketones (excluding diaryl/α,β-unsaturated/α-hetero) is 1. The van der Waals surface area contributed by atoms with Gasteiger partial charge >= 0.3 is 11.9 Å². The molecule has 46 heavy (non-hydrogen) atoms. The van der Waals surface area contributed by atoms with Crippen LogP contribution in [0, 0.1) is 29.1 Å². The monoisotopic (exact) mass is 678 g/mol. The fourth-order valence-corrected chi connectivity index (χ4v) is 7.41. The number of benzene rings is 1. The van der Waals surface area contributed by atoms with Gasteiger partial charge in [0.15, 0.2) is 12.4 Å². The molecule has 0 radical (unpaired) electrons. The summed E-state index contributed by atoms with van der Waals surface area (Å²) in [7, 11) is 0. The van der Waals surface area contributed by atoms with E-state index < -0.39 is 72.1 Å². The highest BCUT2D eigenvalue weighted by Gasteiger charge is 2.53. The average molecular weight is 679 g/mol. The van der Waals surface area contributed by atoms with Gasteiger partial charge in [0, 0.05) is 46.1 Å². The number of carbonyl (C=O) groups is 3. The summed E-state index contributed by atoms with van der Waals surface area (Å²) in [6, 6.07) is 7.64. The molecule has 9 atom stereocenters. The molecule has 0 amide bonds. The number of carboxylic acids is 2. The summed E-state index contributed by atoms with van der Waals surface area (Å²) in [6.07, 6.45) is -6.08. The molecule has 2 fully saturated rings. The number of hydrogen-bond acceptors (Lipinski definition) is 10. The molecule has 4 rings (SSSR count). The Morgan fingerprint density at radius 2 is 1.83 bits per heavy atom. The number of carboxylic acid groups (broad SMARTS) is 2. The van der Waals surface area contributed by atoms with Gasteiger partial charge in [-0.1, -0.05) is 55.8 Å². The third-order valence-electron chi connectivity index (χ3n) is 8.61. The molecule has 1 aromatic heterocycles. The summed E-state index contributed by atoms with van der Waals surface area (Å²) < 4.78 is 12.4. The quantitative estimate of drug-likeness (QED) is 0.110. The Bertz CT molecular complexity index is 1510. The Balaban J connectivity index is 1.58. The highest BCUT2D eigenvalue weighted by molar-refractivity contribution is 7.19. The fraction of sp³-hybridized carbons (Fsp3) is 0.545. The molecule has 0 bridgehead atoms. The largest absolute Gasteiger partial charge is 0.481 e. The second kappa shape index (κ2) is 15.4. The highest BCUT2D eigenvalue weighted by Crippen LogP contribution is 2.44. The molecule has 13 heteroatoms. The van der Waals surface area contributed by atoms with Gasteiger partial charge in [-0.25, -0.2) is 4.79 Å². The molecule has 1 aliphatic heterocycles. The molecular weight excluding hydrogens is 640 g/mol. The number of unbranched alkanes of at least 4 members (excludes halogenated alkanes) is 1. The maximum atomic E-state index is 13.3. The Hall–Kier alpha value is -2.86. The Morgan fingerprint density at radius 3 is 2.50 bits per heavy atom. The summed E-state index contributed by atoms with van der Waals surface area (Å²) in [5.74, 6) is 1.92. The first-order valence-corrected chi connectivity index (χ1v) is 16.3. The lowest BCUT2D eigenvalue weighted by Crippen LogP contribution is -2.60. The maximum absolute atomic E-state index is 13.3. The summed E-state index contributed by atoms with van der Waals surface area (Å²) in [6.45, 7) is 3.31. The number of aliphatic hydroxyl groups excluding tert-OH is 4. The number of hydrogen-bond donors (Lipinski definition) is 6. The zero-order valence-electron chi connectivity index (χ0n) is 25.4. The first kappa shape index (κ1) is 36.0. The minimum atomic E-state index is -1.88. The molecular formula is C33H39ClO11S. The van der Waals surface area contributed by atoms with Crippen LogP contribution in [0.3, 0.4) is 0 Å². The highest BCUT2D eigenvalue weighted by atomic mass is 35.5. The number of rotatable bonds is 12. The molecule has 2 unspecified atom stereocenters. The van der Waals surface area contributed by atoms with E-state index in [1.54, 1.807) is 26.0 Å². The van der Waals surface area contributed by atoms with Gasteiger partial charge in [0.2, 0.25) is 0 Å². The van der Waals surface area contributed by atoms with Crippen LogP contribution in [0.2, 0.25) is 5.02 Å². The lowest BCUT2D eigenvalue weighted by atomic mass is 9.86. The number of thiophene rings is 1. The molecule has 2 heterocycles. The van der Waals surface area contributed by atoms with Crippen LogP contribution in [0.5, 0.6) is 0 Å². The summed E-state index contributed by atoms with van der Waals surface area (Å²) in [5, 5.41) is 62.0. The molecule has 2 aliphatic rings. The molecule has 1 aliphatic carbocycles. The van der Waals surface area contributed by atoms with E-state index >= 15 is 0 Å². The number of aryl methyl sites for hydroxylation is 1. The number of aliphatic carboxylic acids is 2. The molecule has 6 N–H and O–H groups in total. The number of aliphatic hydroxyl groups is 4. The van der Waals surface area contributed by atoms with Crippen molar-refractivity contribution in [3.8, 4) is 11.8 Å². The van der Waals surface area contributed by atoms with E-state index in [-0.39, 0.29) is 25.0 Å². The van der Waals surface area contributed by atoms with Gasteiger partial charge in [0.05, 0.1) is 22.6 Å². The van der Waals surface area contributed by atoms with Crippen molar-refractivity contribution in [2.75, 3.05) is 0 Å². The van der Waals surface area contributed by atoms with E-state index in [0.717, 1.165) is 15.0 Å². The van der Waals surface area contributed by atoms with E-state index in [0.29, 0.717) is 24.3 Å². The lowest BCUT2D eigenvalue weighted by molar-refractivity contribution is -0.300. The fourth-order valence-electron chi connectivity index (χ4n) is 5.86. The normalized spacial score (nSPS) is 29.9. The van der Waals surface area contributed by atoms with Gasteiger partial charge in [-0.15, -0.1) is 23.2 Å². The van der Waals surface area contributed by atoms with E-state index in [9.17, 15) is 39.9 Å². The van der Waals surface area contributed by atoms with Crippen molar-refractivity contribution in [2.24, 2.45) is 17.3 Å². The van der Waals surface area contributed by atoms with Gasteiger partial charge in [0.25, 0.3) is 0 Å². The Morgan fingerprint density at radius 1 is 1.11 bits per heavy atom. The zero-order valence-corrected chi connectivity index (χ0v) is 27.0. The van der Waals surface area contributed by atoms with Gasteiger partial charge in [-0.2, -0.15) is 0 Å². The number of ketones is 1. The zero-order chi connectivity index (χ0) is 33.8. The molecule has 250 valence electrons. The predicted octanol–water partition coefficient (Wildman–Crippen LogP) is 3.17. The van der Waals surface area contributed by atoms with Crippen LogP contribution in [0.15, 0.2) is 36.4 Å². The average Bonchev–Trinajstić information content (AvgIpc) is 3.41. The summed E-state index contributed by atoms with van der Waals surface area (Å²) >= 11 is 8.16. The first-order chi connectivity index (χ1) is 21.7. The standard InChI is InChI=1S/C33H39ClO11S/c1-33(2)29(40)18(9-5-3-4-6-12-23(35)36)19(30(33)41)15-13-17(14-16-22-24(34)20-10-7-8-11-21(20)46-22)44-32-27(39)25(37)26(38)28(45-32)31(42)43/h7-8,10-11,13,15,17-19,25-28,30,32,37-39,41H,4,6,9,12,14,16H2,1-2H3,(H,35,36)(H,42,43)/t17?,18-,19-,25+,26+,27-,28+,30+,32?/m1/s1. The third kappa shape index (κ3) is 7.98. The molecule has 2 aromatic rings. The van der Waals surface area contributed by atoms with Crippen molar-refractivity contribution in [3.63, 3.8) is 0 Å². The van der Waals surface area contributed by atoms with Crippen LogP contribution in [0.4, 0.5) is 0 Å². The van der Waals surface area contributed by atoms with Crippen LogP contribution < -0.4 is 0 Å². The van der Waals surface area contributed by atoms with Crippen molar-refractivity contribution in [1.82, 2.24) is 0 Å². The molecule has 1 saturated carbocycles. The number of fused-ring (bicyclic) bond motifs is 1. The van der Waals surface area contributed by atoms with E-state index in [4.69, 9.17) is 26.2 Å². The van der Waals surface area contributed by atoms with Gasteiger partial charge in [-0.05, 0) is 25.3 Å². The number of carbonyl (C=O) groups excluding carboxylic acids is 1. The van der Waals surface area contributed by atoms with Crippen LogP contribution in [0.1, 0.15) is 50.8 Å². The van der Waals surface area contributed by atoms with Crippen molar-refractivity contribution in [1.29, 1.82) is 0 Å². The minimum Gasteiger partial charge on any atom is -0.481 e. The predicted molar refractivity (Wildman–Crippen MR) is 169 cm³/mol. The topological polar surface area (TPSA) is 191 Å². The van der Waals surface area contributed by atoms with Crippen LogP contribution in [-0.2, 0) is 30.3 Å². The van der Waals surface area contributed by atoms with E-state index in [2.05, 4.69) is 11.8 Å². The number of halogens is 1. The van der Waals surface area contributed by atoms with Crippen LogP contribution in [0.25, 0.3) is 10.1 Å². The van der Waals surface area contributed by atoms with Crippen LogP contribution >= 0.6 is 22.9 Å². The van der Waals surface area contributed by atoms with E-state index in [1.807, 2.05) is 24.3 Å². The SMILES string of the molecule is CC1(C)C(=O)[C@H](CC#CCCCC(=O)O)[C@@H](C=CC(CCc2sc3ccccc3c2Cl)OC2O[C@H](C(=O)O)[C@@H](O)[C@H](O)[C@H]2O)[C@@H]1O. The van der Waals surface area contributed by atoms with Crippen molar-refractivity contribution < 1.29 is 54.5 Å². The minimum absolute atomic E-state index is 0.00908. The molecule has 0 spiro atoms. The summed E-state index contributed by atoms with van der Waals surface area (Å²) in [5.41, 5.74) is -1.07. The molecule has 11 nitrogen and oxygen atoms in total. The van der Waals surface area contributed by atoms with Crippen LogP contribution in [-0.4, -0.2) is 91.3 Å². The second-order valence-corrected chi connectivity index (χ2v) is 13.7. The second-order valence-electron chi connectivity index (χ2n) is 12.2. The summed E-state index contributed by atoms with van der Waals surface area (Å²) in [4.78, 5) is 36.6. The Labute approximate surface area is 275 Å². The van der Waals surface area contributed by atoms with Gasteiger partial charge in [0.1, 0.15) is 24.1 Å². The molecule has 1 aromatic carbocycles. The number of ether oxygens (including phenoxy) is 2. The lowest BCUT2D eigenvalue weighted by Gasteiger charge is -2.39. The molecule has 1 saturated heterocycles. The van der Waals surface area contributed by atoms with Crippen molar-refractivity contribution in [2.45, 2.75) is 95.3 Å². The van der Waals surface area contributed by atoms with Gasteiger partial charge in [-0.3, -0.25) is 9.59 Å². The van der Waals surface area contributed by atoms with Crippen molar-refractivity contribution in [3.05, 3.63) is 46.3 Å².